The fraction of sp³-hybridized carbons (Fsp3) is 0.405. The monoisotopic (exact) mass is 713 g/mol. The van der Waals surface area contributed by atoms with Gasteiger partial charge in [-0.05, 0) is 68.9 Å². The highest BCUT2D eigenvalue weighted by Gasteiger charge is 2.50. The third-order valence-electron chi connectivity index (χ3n) is 9.59. The van der Waals surface area contributed by atoms with Crippen LogP contribution in [0, 0.1) is 13.8 Å². The molecule has 0 radical (unpaired) electrons. The molecule has 1 spiro atoms. The molecule has 2 aromatic carbocycles. The summed E-state index contributed by atoms with van der Waals surface area (Å²) >= 11 is 0. The number of aromatic nitrogens is 3. The first-order valence-electron chi connectivity index (χ1n) is 17.3. The average molecular weight is 714 g/mol. The van der Waals surface area contributed by atoms with Gasteiger partial charge in [-0.25, -0.2) is 8.42 Å². The Hall–Kier alpha value is -4.95. The molecule has 0 unspecified atom stereocenters. The molecule has 0 aliphatic carbocycles. The van der Waals surface area contributed by atoms with E-state index in [4.69, 9.17) is 14.3 Å². The first kappa shape index (κ1) is 35.9. The fourth-order valence-electron chi connectivity index (χ4n) is 6.56. The molecule has 6 rings (SSSR count). The summed E-state index contributed by atoms with van der Waals surface area (Å²) in [6, 6.07) is 14.2. The molecule has 2 aromatic heterocycles. The number of nitrogens with one attached hydrogen (secondary N) is 1. The van der Waals surface area contributed by atoms with Crippen LogP contribution in [-0.2, 0) is 32.7 Å². The number of nitrogens with zero attached hydrogens (tertiary/aromatic N) is 6. The number of carbonyl (C=O) groups is 2. The molecule has 13 nitrogen and oxygen atoms in total. The van der Waals surface area contributed by atoms with E-state index >= 15 is 0 Å². The lowest BCUT2D eigenvalue weighted by Crippen LogP contribution is -2.51. The minimum Gasteiger partial charge on any atom is -0.377 e. The van der Waals surface area contributed by atoms with E-state index in [0.29, 0.717) is 73.5 Å². The number of amidine groups is 1. The van der Waals surface area contributed by atoms with Crippen molar-refractivity contribution in [3.8, 4) is 11.1 Å². The lowest BCUT2D eigenvalue weighted by molar-refractivity contribution is -0.133. The summed E-state index contributed by atoms with van der Waals surface area (Å²) in [4.78, 5) is 36.1. The normalized spacial score (nSPS) is 15.8. The van der Waals surface area contributed by atoms with Gasteiger partial charge in [-0.2, -0.15) is 10.2 Å². The molecule has 51 heavy (non-hydrogen) atoms. The van der Waals surface area contributed by atoms with E-state index in [1.165, 1.54) is 12.4 Å². The van der Waals surface area contributed by atoms with E-state index in [0.717, 1.165) is 29.8 Å². The molecule has 2 aliphatic rings. The lowest BCUT2D eigenvalue weighted by atomic mass is 9.87. The van der Waals surface area contributed by atoms with Crippen molar-refractivity contribution in [2.45, 2.75) is 83.4 Å². The Labute approximate surface area is 298 Å². The minimum absolute atomic E-state index is 0.0531. The van der Waals surface area contributed by atoms with E-state index < -0.39 is 15.6 Å². The number of aryl methyl sites for hydroxylation is 1. The summed E-state index contributed by atoms with van der Waals surface area (Å²) in [7, 11) is -4.04. The number of unbranched alkanes of at least 4 members (excludes halogenated alkanes) is 1. The molecule has 4 heterocycles. The molecular weight excluding hydrogens is 671 g/mol. The van der Waals surface area contributed by atoms with Gasteiger partial charge in [-0.1, -0.05) is 54.9 Å². The predicted octanol–water partition coefficient (Wildman–Crippen LogP) is 5.69. The number of amides is 2. The van der Waals surface area contributed by atoms with Crippen molar-refractivity contribution in [3.63, 3.8) is 0 Å². The van der Waals surface area contributed by atoms with Gasteiger partial charge in [-0.3, -0.25) is 24.2 Å². The maximum atomic E-state index is 14.3. The van der Waals surface area contributed by atoms with E-state index in [2.05, 4.69) is 27.0 Å². The summed E-state index contributed by atoms with van der Waals surface area (Å²) in [6.07, 6.45) is 6.33. The third kappa shape index (κ3) is 7.42. The number of aliphatic imine (C=N–C) groups is 1. The number of carbonyl (C=O) groups excluding carboxylic acids is 2. The molecule has 0 atom stereocenters. The highest BCUT2D eigenvalue weighted by Crippen LogP contribution is 2.37. The largest absolute Gasteiger partial charge is 0.377 e. The van der Waals surface area contributed by atoms with Gasteiger partial charge in [0, 0.05) is 37.2 Å². The van der Waals surface area contributed by atoms with Gasteiger partial charge in [0.15, 0.2) is 5.82 Å². The van der Waals surface area contributed by atoms with Gasteiger partial charge in [0.2, 0.25) is 0 Å². The zero-order valence-corrected chi connectivity index (χ0v) is 30.2. The molecule has 1 N–H and O–H groups in total. The standard InChI is InChI=1S/C37H43N7O6S/c1-5-7-12-33-40-37(16-19-43(20-17-37)35(45)28-15-18-38-39-22-28)36(46)44(33)23-27-13-14-30(29(21-27)24-49-6-2)31-10-8-9-11-32(31)51(47,48)42-34-25(3)26(4)50-41-34/h8-11,13-15,18,21-22H,5-7,12,16-17,19-20,23-24H2,1-4H3,(H,41,42). The Morgan fingerprint density at radius 1 is 1.04 bits per heavy atom. The molecule has 2 amide bonds. The van der Waals surface area contributed by atoms with Crippen LogP contribution >= 0.6 is 0 Å². The number of hydrogen-bond acceptors (Lipinski definition) is 10. The van der Waals surface area contributed by atoms with Gasteiger partial charge in [0.05, 0.1) is 36.0 Å². The summed E-state index contributed by atoms with van der Waals surface area (Å²) in [5, 5.41) is 11.5. The number of likely N-dealkylation sites (tertiary alicyclic amines) is 1. The van der Waals surface area contributed by atoms with Crippen molar-refractivity contribution >= 4 is 33.5 Å². The van der Waals surface area contributed by atoms with Gasteiger partial charge >= 0.3 is 0 Å². The summed E-state index contributed by atoms with van der Waals surface area (Å²) in [5.41, 5.74) is 3.03. The fourth-order valence-corrected chi connectivity index (χ4v) is 7.84. The number of hydrogen-bond donors (Lipinski definition) is 1. The highest BCUT2D eigenvalue weighted by molar-refractivity contribution is 7.92. The minimum atomic E-state index is -4.04. The summed E-state index contributed by atoms with van der Waals surface area (Å²) < 4.78 is 41.0. The van der Waals surface area contributed by atoms with Crippen molar-refractivity contribution in [2.75, 3.05) is 24.4 Å². The molecule has 0 bridgehead atoms. The van der Waals surface area contributed by atoms with Gasteiger partial charge < -0.3 is 14.2 Å². The molecule has 1 fully saturated rings. The molecule has 1 saturated heterocycles. The summed E-state index contributed by atoms with van der Waals surface area (Å²) in [5.74, 6) is 1.25. The molecular formula is C37H43N7O6S. The topological polar surface area (TPSA) is 160 Å². The predicted molar refractivity (Wildman–Crippen MR) is 191 cm³/mol. The van der Waals surface area contributed by atoms with E-state index in [1.54, 1.807) is 54.0 Å². The molecule has 268 valence electrons. The van der Waals surface area contributed by atoms with Crippen molar-refractivity contribution in [3.05, 3.63) is 88.9 Å². The number of piperidine rings is 1. The second-order valence-electron chi connectivity index (χ2n) is 12.9. The number of anilines is 1. The molecule has 14 heteroatoms. The van der Waals surface area contributed by atoms with Crippen LogP contribution in [0.15, 0.2) is 75.3 Å². The smallest absolute Gasteiger partial charge is 0.263 e. The van der Waals surface area contributed by atoms with Crippen molar-refractivity contribution in [2.24, 2.45) is 4.99 Å². The number of ether oxygens (including phenoxy) is 1. The first-order chi connectivity index (χ1) is 24.6. The SMILES string of the molecule is CCCCC1=NC2(CCN(C(=O)c3ccnnc3)CC2)C(=O)N1Cc1ccc(-c2ccccc2S(=O)(=O)Nc2noc(C)c2C)c(COCC)c1. The Morgan fingerprint density at radius 3 is 2.51 bits per heavy atom. The van der Waals surface area contributed by atoms with E-state index in [1.807, 2.05) is 25.1 Å². The Balaban J connectivity index is 1.27. The lowest BCUT2D eigenvalue weighted by Gasteiger charge is -2.36. The number of sulfonamides is 1. The maximum absolute atomic E-state index is 14.3. The van der Waals surface area contributed by atoms with Gasteiger partial charge in [-0.15, -0.1) is 0 Å². The van der Waals surface area contributed by atoms with Crippen LogP contribution in [0.5, 0.6) is 0 Å². The van der Waals surface area contributed by atoms with Crippen molar-refractivity contribution in [1.82, 2.24) is 25.2 Å². The van der Waals surface area contributed by atoms with Crippen LogP contribution in [0.3, 0.4) is 0 Å². The van der Waals surface area contributed by atoms with Gasteiger partial charge in [0.1, 0.15) is 17.1 Å². The Kier molecular flexibility index (Phi) is 10.6. The molecule has 2 aliphatic heterocycles. The Bertz CT molecular complexity index is 2040. The van der Waals surface area contributed by atoms with Crippen LogP contribution < -0.4 is 4.72 Å². The van der Waals surface area contributed by atoms with Crippen LogP contribution in [0.1, 0.15) is 78.8 Å². The molecule has 4 aromatic rings. The molecule has 0 saturated carbocycles. The maximum Gasteiger partial charge on any atom is 0.263 e. The third-order valence-corrected chi connectivity index (χ3v) is 11.0. The second-order valence-corrected chi connectivity index (χ2v) is 14.6. The number of rotatable bonds is 13. The zero-order valence-electron chi connectivity index (χ0n) is 29.4. The summed E-state index contributed by atoms with van der Waals surface area (Å²) in [6.45, 7) is 9.30. The van der Waals surface area contributed by atoms with Crippen LogP contribution in [-0.4, -0.2) is 76.5 Å². The van der Waals surface area contributed by atoms with Crippen LogP contribution in [0.25, 0.3) is 11.1 Å². The van der Waals surface area contributed by atoms with E-state index in [-0.39, 0.29) is 29.1 Å². The highest BCUT2D eigenvalue weighted by atomic mass is 32.2. The van der Waals surface area contributed by atoms with Crippen LogP contribution in [0.2, 0.25) is 0 Å². The van der Waals surface area contributed by atoms with Crippen LogP contribution in [0.4, 0.5) is 5.82 Å². The number of benzene rings is 2. The second kappa shape index (κ2) is 15.1. The zero-order chi connectivity index (χ0) is 36.2. The van der Waals surface area contributed by atoms with Gasteiger partial charge in [0.25, 0.3) is 21.8 Å². The van der Waals surface area contributed by atoms with Crippen molar-refractivity contribution < 1.29 is 27.3 Å². The average Bonchev–Trinajstić information content (AvgIpc) is 3.59. The quantitative estimate of drug-likeness (QED) is 0.184. The first-order valence-corrected chi connectivity index (χ1v) is 18.8. The Morgan fingerprint density at radius 2 is 1.82 bits per heavy atom. The van der Waals surface area contributed by atoms with Crippen molar-refractivity contribution in [1.29, 1.82) is 0 Å². The van der Waals surface area contributed by atoms with E-state index in [9.17, 15) is 18.0 Å².